The minimum absolute atomic E-state index is 0.0916. The molecule has 2 aliphatic heterocycles. The smallest absolute Gasteiger partial charge is 0.267 e. The Morgan fingerprint density at radius 1 is 1.17 bits per heavy atom. The highest BCUT2D eigenvalue weighted by Gasteiger charge is 2.41. The van der Waals surface area contributed by atoms with Crippen LogP contribution in [0.5, 0.6) is 0 Å². The maximum Gasteiger partial charge on any atom is 0.267 e. The Hall–Kier alpha value is -1.63. The van der Waals surface area contributed by atoms with Gasteiger partial charge in [-0.2, -0.15) is 0 Å². The van der Waals surface area contributed by atoms with Crippen LogP contribution in [0.25, 0.3) is 0 Å². The highest BCUT2D eigenvalue weighted by atomic mass is 19.3. The molecule has 0 unspecified atom stereocenters. The molecule has 3 rings (SSSR count). The number of amides is 1. The molecule has 1 aromatic carbocycles. The quantitative estimate of drug-likeness (QED) is 0.846. The first-order valence-electron chi connectivity index (χ1n) is 7.74. The van der Waals surface area contributed by atoms with Crippen molar-refractivity contribution in [2.45, 2.75) is 31.1 Å². The zero-order valence-electron chi connectivity index (χ0n) is 12.5. The number of carbonyl (C=O) groups is 1. The lowest BCUT2D eigenvalue weighted by Gasteiger charge is -2.24. The Balaban J connectivity index is 1.83. The Bertz CT molecular complexity index is 614. The van der Waals surface area contributed by atoms with E-state index >= 15 is 0 Å². The highest BCUT2D eigenvalue weighted by Crippen LogP contribution is 2.31. The van der Waals surface area contributed by atoms with Gasteiger partial charge >= 0.3 is 0 Å². The minimum Gasteiger partial charge on any atom is -0.332 e. The number of hydrogen-bond acceptors (Lipinski definition) is 2. The van der Waals surface area contributed by atoms with Crippen molar-refractivity contribution >= 4 is 5.91 Å². The van der Waals surface area contributed by atoms with E-state index in [2.05, 4.69) is 5.32 Å². The Kier molecular flexibility index (Phi) is 4.31. The van der Waals surface area contributed by atoms with Crippen LogP contribution in [-0.4, -0.2) is 42.9 Å². The van der Waals surface area contributed by atoms with Gasteiger partial charge in [0.2, 0.25) is 0 Å². The fraction of sp³-hybridized carbons (Fsp3) is 0.562. The van der Waals surface area contributed by atoms with Gasteiger partial charge in [-0.3, -0.25) is 4.79 Å². The number of alkyl halides is 2. The van der Waals surface area contributed by atoms with Gasteiger partial charge in [0, 0.05) is 13.0 Å². The first-order valence-corrected chi connectivity index (χ1v) is 7.74. The molecule has 0 aliphatic carbocycles. The van der Waals surface area contributed by atoms with E-state index in [-0.39, 0.29) is 18.0 Å². The zero-order valence-corrected chi connectivity index (χ0v) is 12.5. The molecular formula is C16H18F4N2O. The van der Waals surface area contributed by atoms with E-state index in [0.29, 0.717) is 12.8 Å². The minimum atomic E-state index is -2.96. The second-order valence-corrected chi connectivity index (χ2v) is 6.21. The largest absolute Gasteiger partial charge is 0.332 e. The molecule has 0 spiro atoms. The Labute approximate surface area is 131 Å². The molecule has 126 valence electrons. The lowest BCUT2D eigenvalue weighted by molar-refractivity contribution is 0.0119. The maximum absolute atomic E-state index is 14.3. The number of piperidine rings is 1. The summed E-state index contributed by atoms with van der Waals surface area (Å²) < 4.78 is 55.0. The van der Waals surface area contributed by atoms with E-state index in [1.54, 1.807) is 0 Å². The molecular weight excluding hydrogens is 312 g/mol. The summed E-state index contributed by atoms with van der Waals surface area (Å²) >= 11 is 0. The summed E-state index contributed by atoms with van der Waals surface area (Å²) in [6, 6.07) is 1.90. The van der Waals surface area contributed by atoms with Crippen LogP contribution in [0.4, 0.5) is 17.6 Å². The average molecular weight is 330 g/mol. The van der Waals surface area contributed by atoms with Gasteiger partial charge in [0.25, 0.3) is 11.8 Å². The zero-order chi connectivity index (χ0) is 16.6. The summed E-state index contributed by atoms with van der Waals surface area (Å²) in [4.78, 5) is 13.0. The van der Waals surface area contributed by atoms with Crippen LogP contribution in [0, 0.1) is 11.6 Å². The first-order chi connectivity index (χ1) is 10.9. The summed E-state index contributed by atoms with van der Waals surface area (Å²) in [6.07, 6.45) is 0.944. The third-order valence-corrected chi connectivity index (χ3v) is 4.55. The second kappa shape index (κ2) is 6.11. The van der Waals surface area contributed by atoms with Crippen LogP contribution in [-0.2, 0) is 0 Å². The van der Waals surface area contributed by atoms with Gasteiger partial charge in [-0.05, 0) is 49.5 Å². The van der Waals surface area contributed by atoms with Gasteiger partial charge in [-0.25, -0.2) is 17.6 Å². The van der Waals surface area contributed by atoms with Crippen molar-refractivity contribution in [1.29, 1.82) is 0 Å². The molecule has 2 fully saturated rings. The lowest BCUT2D eigenvalue weighted by atomic mass is 9.89. The van der Waals surface area contributed by atoms with Crippen molar-refractivity contribution in [1.82, 2.24) is 10.2 Å². The van der Waals surface area contributed by atoms with E-state index in [9.17, 15) is 22.4 Å². The summed E-state index contributed by atoms with van der Waals surface area (Å²) in [5.74, 6) is -5.42. The number of benzene rings is 1. The van der Waals surface area contributed by atoms with Gasteiger partial charge in [-0.1, -0.05) is 0 Å². The van der Waals surface area contributed by atoms with E-state index in [0.717, 1.165) is 30.1 Å². The van der Waals surface area contributed by atoms with Crippen molar-refractivity contribution in [3.63, 3.8) is 0 Å². The van der Waals surface area contributed by atoms with E-state index in [1.807, 2.05) is 0 Å². The van der Waals surface area contributed by atoms with Crippen LogP contribution < -0.4 is 5.32 Å². The standard InChI is InChI=1S/C16H18F4N2O/c17-13-8-12(15(23)22-6-3-16(19,20)9-22)14(18)7-11(13)10-1-4-21-5-2-10/h7-8,10,21H,1-6,9H2. The number of nitrogens with one attached hydrogen (secondary N) is 1. The number of likely N-dealkylation sites (tertiary alicyclic amines) is 1. The van der Waals surface area contributed by atoms with Crippen molar-refractivity contribution < 1.29 is 22.4 Å². The van der Waals surface area contributed by atoms with E-state index in [4.69, 9.17) is 0 Å². The summed E-state index contributed by atoms with van der Waals surface area (Å²) in [5.41, 5.74) is -0.217. The normalized spacial score (nSPS) is 21.7. The van der Waals surface area contributed by atoms with Crippen LogP contribution in [0.1, 0.15) is 41.1 Å². The van der Waals surface area contributed by atoms with Crippen LogP contribution in [0.3, 0.4) is 0 Å². The SMILES string of the molecule is O=C(c1cc(F)c(C2CCNCC2)cc1F)N1CCC(F)(F)C1. The molecule has 23 heavy (non-hydrogen) atoms. The maximum atomic E-state index is 14.3. The molecule has 1 amide bonds. The fourth-order valence-corrected chi connectivity index (χ4v) is 3.25. The molecule has 2 aliphatic rings. The van der Waals surface area contributed by atoms with Gasteiger partial charge in [0.1, 0.15) is 11.6 Å². The number of carbonyl (C=O) groups excluding carboxylic acids is 1. The third-order valence-electron chi connectivity index (χ3n) is 4.55. The van der Waals surface area contributed by atoms with Gasteiger partial charge < -0.3 is 10.2 Å². The predicted molar refractivity (Wildman–Crippen MR) is 76.7 cm³/mol. The molecule has 0 atom stereocenters. The second-order valence-electron chi connectivity index (χ2n) is 6.21. The molecule has 0 radical (unpaired) electrons. The van der Waals surface area contributed by atoms with Crippen molar-refractivity contribution in [3.8, 4) is 0 Å². The molecule has 3 nitrogen and oxygen atoms in total. The summed E-state index contributed by atoms with van der Waals surface area (Å²) in [7, 11) is 0. The van der Waals surface area contributed by atoms with Gasteiger partial charge in [0.15, 0.2) is 0 Å². The summed E-state index contributed by atoms with van der Waals surface area (Å²) in [6.45, 7) is 0.566. The van der Waals surface area contributed by atoms with E-state index in [1.165, 1.54) is 0 Å². The topological polar surface area (TPSA) is 32.3 Å². The van der Waals surface area contributed by atoms with Gasteiger partial charge in [0.05, 0.1) is 12.1 Å². The molecule has 0 saturated carbocycles. The molecule has 1 aromatic rings. The number of halogens is 4. The highest BCUT2D eigenvalue weighted by molar-refractivity contribution is 5.94. The predicted octanol–water partition coefficient (Wildman–Crippen LogP) is 2.91. The molecule has 0 bridgehead atoms. The average Bonchev–Trinajstić information content (AvgIpc) is 2.89. The number of hydrogen-bond donors (Lipinski definition) is 1. The third kappa shape index (κ3) is 3.34. The van der Waals surface area contributed by atoms with Gasteiger partial charge in [-0.15, -0.1) is 0 Å². The number of rotatable bonds is 2. The molecule has 1 N–H and O–H groups in total. The molecule has 2 saturated heterocycles. The van der Waals surface area contributed by atoms with Crippen LogP contribution >= 0.6 is 0 Å². The van der Waals surface area contributed by atoms with Crippen molar-refractivity contribution in [3.05, 3.63) is 34.9 Å². The van der Waals surface area contributed by atoms with Crippen LogP contribution in [0.15, 0.2) is 12.1 Å². The lowest BCUT2D eigenvalue weighted by Crippen LogP contribution is -2.32. The Morgan fingerprint density at radius 2 is 1.87 bits per heavy atom. The van der Waals surface area contributed by atoms with Crippen molar-refractivity contribution in [2.24, 2.45) is 0 Å². The van der Waals surface area contributed by atoms with E-state index < -0.39 is 42.0 Å². The molecule has 2 heterocycles. The van der Waals surface area contributed by atoms with Crippen LogP contribution in [0.2, 0.25) is 0 Å². The molecule has 0 aromatic heterocycles. The first kappa shape index (κ1) is 16.2. The Morgan fingerprint density at radius 3 is 2.48 bits per heavy atom. The molecule has 7 heteroatoms. The monoisotopic (exact) mass is 330 g/mol. The fourth-order valence-electron chi connectivity index (χ4n) is 3.25. The van der Waals surface area contributed by atoms with Crippen molar-refractivity contribution in [2.75, 3.05) is 26.2 Å². The summed E-state index contributed by atoms with van der Waals surface area (Å²) in [5, 5.41) is 3.14. The number of nitrogens with zero attached hydrogens (tertiary/aromatic N) is 1.